The van der Waals surface area contributed by atoms with Crippen LogP contribution < -0.4 is 5.69 Å². The van der Waals surface area contributed by atoms with Crippen molar-refractivity contribution in [3.05, 3.63) is 77.5 Å². The Kier molecular flexibility index (Phi) is 2.99. The van der Waals surface area contributed by atoms with Crippen LogP contribution in [0.1, 0.15) is 0 Å². The highest BCUT2D eigenvalue weighted by Gasteiger charge is 2.12. The number of hydrogen-bond acceptors (Lipinski definition) is 3. The number of nitrogens with zero attached hydrogens (tertiary/aromatic N) is 2. The number of phenols is 1. The first kappa shape index (κ1) is 14.5. The molecule has 0 fully saturated rings. The van der Waals surface area contributed by atoms with Gasteiger partial charge in [-0.05, 0) is 54.6 Å². The summed E-state index contributed by atoms with van der Waals surface area (Å²) in [6.45, 7) is 0. The van der Waals surface area contributed by atoms with Crippen LogP contribution in [0.25, 0.3) is 38.9 Å². The summed E-state index contributed by atoms with van der Waals surface area (Å²) in [4.78, 5) is 23.0. The molecule has 6 nitrogen and oxygen atoms in total. The molecule has 5 aromatic rings. The minimum absolute atomic E-state index is 0.202. The molecule has 3 heterocycles. The fourth-order valence-electron chi connectivity index (χ4n) is 3.23. The number of H-pyrrole nitrogens is 2. The Balaban J connectivity index is 1.73. The summed E-state index contributed by atoms with van der Waals surface area (Å²) >= 11 is 0. The summed E-state index contributed by atoms with van der Waals surface area (Å²) in [6, 6.07) is 16.5. The van der Waals surface area contributed by atoms with Crippen LogP contribution in [0.3, 0.4) is 0 Å². The maximum atomic E-state index is 12.5. The van der Waals surface area contributed by atoms with Gasteiger partial charge in [0.25, 0.3) is 0 Å². The lowest BCUT2D eigenvalue weighted by atomic mass is 10.1. The molecule has 5 rings (SSSR count). The molecule has 3 aromatic heterocycles. The maximum absolute atomic E-state index is 12.5. The van der Waals surface area contributed by atoms with Crippen LogP contribution >= 0.6 is 0 Å². The Morgan fingerprint density at radius 1 is 0.962 bits per heavy atom. The Bertz CT molecular complexity index is 1310. The first-order chi connectivity index (χ1) is 12.7. The highest BCUT2D eigenvalue weighted by Crippen LogP contribution is 2.25. The standard InChI is InChI=1S/C20H14N4O2/c25-15-4-1-12(2-5-15)17-10-19-18(11-22-17)23-20(26)24(19)14-3-6-16-13(9-14)7-8-21-16/h1-11,21,25H,(H,23,26). The first-order valence-corrected chi connectivity index (χ1v) is 8.17. The zero-order chi connectivity index (χ0) is 17.7. The van der Waals surface area contributed by atoms with Crippen LogP contribution in [0.5, 0.6) is 5.75 Å². The summed E-state index contributed by atoms with van der Waals surface area (Å²) in [5, 5.41) is 10.5. The van der Waals surface area contributed by atoms with Crippen LogP contribution in [0, 0.1) is 0 Å². The molecule has 0 unspecified atom stereocenters. The molecule has 0 spiro atoms. The molecule has 0 aliphatic carbocycles. The Morgan fingerprint density at radius 2 is 1.81 bits per heavy atom. The van der Waals surface area contributed by atoms with Crippen molar-refractivity contribution in [3.8, 4) is 22.7 Å². The SMILES string of the molecule is O=c1[nH]c2cnc(-c3ccc(O)cc3)cc2n1-c1ccc2[nH]ccc2c1. The number of pyridine rings is 1. The molecule has 0 amide bonds. The third-order valence-corrected chi connectivity index (χ3v) is 4.53. The first-order valence-electron chi connectivity index (χ1n) is 8.17. The van der Waals surface area contributed by atoms with Gasteiger partial charge in [0.1, 0.15) is 5.75 Å². The van der Waals surface area contributed by atoms with E-state index in [4.69, 9.17) is 0 Å². The molecule has 6 heteroatoms. The van der Waals surface area contributed by atoms with Crippen molar-refractivity contribution in [3.63, 3.8) is 0 Å². The minimum Gasteiger partial charge on any atom is -0.508 e. The van der Waals surface area contributed by atoms with Crippen LogP contribution in [-0.4, -0.2) is 24.6 Å². The summed E-state index contributed by atoms with van der Waals surface area (Å²) < 4.78 is 1.65. The summed E-state index contributed by atoms with van der Waals surface area (Å²) in [5.74, 6) is 0.202. The second-order valence-corrected chi connectivity index (χ2v) is 6.15. The van der Waals surface area contributed by atoms with Crippen molar-refractivity contribution in [1.82, 2.24) is 19.5 Å². The molecule has 126 valence electrons. The Labute approximate surface area is 147 Å². The normalized spacial score (nSPS) is 11.4. The Hall–Kier alpha value is -3.80. The number of phenolic OH excluding ortho intramolecular Hbond substituents is 1. The van der Waals surface area contributed by atoms with Gasteiger partial charge < -0.3 is 15.1 Å². The lowest BCUT2D eigenvalue weighted by Crippen LogP contribution is -2.14. The molecule has 0 saturated heterocycles. The number of fused-ring (bicyclic) bond motifs is 2. The second kappa shape index (κ2) is 5.35. The third kappa shape index (κ3) is 2.20. The van der Waals surface area contributed by atoms with Crippen LogP contribution in [0.2, 0.25) is 0 Å². The fourth-order valence-corrected chi connectivity index (χ4v) is 3.23. The van der Waals surface area contributed by atoms with E-state index in [2.05, 4.69) is 15.0 Å². The van der Waals surface area contributed by atoms with Crippen molar-refractivity contribution in [2.45, 2.75) is 0 Å². The highest BCUT2D eigenvalue weighted by atomic mass is 16.3. The number of benzene rings is 2. The van der Waals surface area contributed by atoms with E-state index in [0.29, 0.717) is 5.52 Å². The molecule has 3 N–H and O–H groups in total. The van der Waals surface area contributed by atoms with E-state index in [0.717, 1.165) is 33.4 Å². The van der Waals surface area contributed by atoms with Gasteiger partial charge >= 0.3 is 5.69 Å². The Morgan fingerprint density at radius 3 is 2.65 bits per heavy atom. The average Bonchev–Trinajstić information content (AvgIpc) is 3.24. The van der Waals surface area contributed by atoms with Crippen molar-refractivity contribution < 1.29 is 5.11 Å². The smallest absolute Gasteiger partial charge is 0.331 e. The van der Waals surface area contributed by atoms with Gasteiger partial charge in [-0.3, -0.25) is 9.55 Å². The number of hydrogen-bond donors (Lipinski definition) is 3. The lowest BCUT2D eigenvalue weighted by molar-refractivity contribution is 0.475. The van der Waals surface area contributed by atoms with Gasteiger partial charge in [-0.25, -0.2) is 4.79 Å². The third-order valence-electron chi connectivity index (χ3n) is 4.53. The van der Waals surface area contributed by atoms with Crippen molar-refractivity contribution in [1.29, 1.82) is 0 Å². The van der Waals surface area contributed by atoms with Crippen LogP contribution in [-0.2, 0) is 0 Å². The van der Waals surface area contributed by atoms with Gasteiger partial charge in [-0.15, -0.1) is 0 Å². The molecule has 0 radical (unpaired) electrons. The van der Waals surface area contributed by atoms with E-state index in [9.17, 15) is 9.90 Å². The molecule has 0 aliphatic heterocycles. The van der Waals surface area contributed by atoms with Crippen molar-refractivity contribution in [2.24, 2.45) is 0 Å². The maximum Gasteiger partial charge on any atom is 0.331 e. The number of nitrogens with one attached hydrogen (secondary N) is 2. The van der Waals surface area contributed by atoms with Gasteiger partial charge in [-0.2, -0.15) is 0 Å². The molecule has 26 heavy (non-hydrogen) atoms. The van der Waals surface area contributed by atoms with Crippen molar-refractivity contribution in [2.75, 3.05) is 0 Å². The molecule has 0 bridgehead atoms. The van der Waals surface area contributed by atoms with E-state index < -0.39 is 0 Å². The van der Waals surface area contributed by atoms with E-state index in [1.807, 2.05) is 36.5 Å². The van der Waals surface area contributed by atoms with E-state index in [-0.39, 0.29) is 11.4 Å². The predicted octanol–water partition coefficient (Wildman–Crippen LogP) is 3.57. The second-order valence-electron chi connectivity index (χ2n) is 6.15. The predicted molar refractivity (Wildman–Crippen MR) is 101 cm³/mol. The van der Waals surface area contributed by atoms with Crippen LogP contribution in [0.15, 0.2) is 71.8 Å². The van der Waals surface area contributed by atoms with Gasteiger partial charge in [0.05, 0.1) is 28.6 Å². The zero-order valence-electron chi connectivity index (χ0n) is 13.6. The zero-order valence-corrected chi connectivity index (χ0v) is 13.6. The van der Waals surface area contributed by atoms with Gasteiger partial charge in [0, 0.05) is 22.7 Å². The number of aromatic hydroxyl groups is 1. The van der Waals surface area contributed by atoms with Gasteiger partial charge in [0.2, 0.25) is 0 Å². The topological polar surface area (TPSA) is 86.7 Å². The largest absolute Gasteiger partial charge is 0.508 e. The molecular formula is C20H14N4O2. The summed E-state index contributed by atoms with van der Waals surface area (Å²) in [7, 11) is 0. The minimum atomic E-state index is -0.209. The molecule has 2 aromatic carbocycles. The van der Waals surface area contributed by atoms with E-state index >= 15 is 0 Å². The van der Waals surface area contributed by atoms with Crippen LogP contribution in [0.4, 0.5) is 0 Å². The molecule has 0 aliphatic rings. The monoisotopic (exact) mass is 342 g/mol. The van der Waals surface area contributed by atoms with E-state index in [1.165, 1.54) is 0 Å². The molecule has 0 atom stereocenters. The number of imidazole rings is 1. The molecular weight excluding hydrogens is 328 g/mol. The van der Waals surface area contributed by atoms with E-state index in [1.54, 1.807) is 35.0 Å². The fraction of sp³-hybridized carbons (Fsp3) is 0. The summed E-state index contributed by atoms with van der Waals surface area (Å²) in [6.07, 6.45) is 3.53. The number of aromatic nitrogens is 4. The highest BCUT2D eigenvalue weighted by molar-refractivity contribution is 5.84. The van der Waals surface area contributed by atoms with Crippen molar-refractivity contribution >= 4 is 21.9 Å². The number of aromatic amines is 2. The van der Waals surface area contributed by atoms with Gasteiger partial charge in [-0.1, -0.05) is 0 Å². The quantitative estimate of drug-likeness (QED) is 0.458. The number of rotatable bonds is 2. The van der Waals surface area contributed by atoms with Gasteiger partial charge in [0.15, 0.2) is 0 Å². The molecule has 0 saturated carbocycles. The lowest BCUT2D eigenvalue weighted by Gasteiger charge is -2.06. The average molecular weight is 342 g/mol. The summed E-state index contributed by atoms with van der Waals surface area (Å²) in [5.41, 5.74) is 4.62.